The molecule has 2 aromatic carbocycles. The Labute approximate surface area is 174 Å². The number of nitrogens with zero attached hydrogens (tertiary/aromatic N) is 1. The van der Waals surface area contributed by atoms with Crippen LogP contribution in [-0.2, 0) is 26.1 Å². The van der Waals surface area contributed by atoms with Crippen LogP contribution in [0, 0.1) is 5.82 Å². The number of amides is 1. The van der Waals surface area contributed by atoms with Gasteiger partial charge in [0.25, 0.3) is 5.91 Å². The van der Waals surface area contributed by atoms with Crippen molar-refractivity contribution < 1.29 is 31.9 Å². The molecule has 0 radical (unpaired) electrons. The number of likely N-dealkylation sites (N-methyl/N-ethyl adjacent to an activating group) is 1. The van der Waals surface area contributed by atoms with E-state index in [2.05, 4.69) is 4.72 Å². The Hall–Kier alpha value is -2.98. The standard InChI is InChI=1S/C20H23FN2O6S/c1-4-23(12-14-8-9-18(28-3)17(21)10-14)19(24)13-29-20(25)15-6-5-7-16(11-15)30(26,27)22-2/h5-11,22H,4,12-13H2,1-3H3. The average Bonchev–Trinajstić information content (AvgIpc) is 2.75. The molecule has 0 saturated carbocycles. The lowest BCUT2D eigenvalue weighted by atomic mass is 10.2. The summed E-state index contributed by atoms with van der Waals surface area (Å²) in [5, 5.41) is 0. The van der Waals surface area contributed by atoms with Crippen LogP contribution >= 0.6 is 0 Å². The summed E-state index contributed by atoms with van der Waals surface area (Å²) in [6.07, 6.45) is 0. The second kappa shape index (κ2) is 10.2. The number of esters is 1. The molecule has 0 saturated heterocycles. The second-order valence-electron chi connectivity index (χ2n) is 6.19. The van der Waals surface area contributed by atoms with Crippen LogP contribution < -0.4 is 9.46 Å². The Kier molecular flexibility index (Phi) is 7.90. The van der Waals surface area contributed by atoms with Gasteiger partial charge in [-0.25, -0.2) is 22.3 Å². The predicted molar refractivity (Wildman–Crippen MR) is 107 cm³/mol. The zero-order chi connectivity index (χ0) is 22.3. The summed E-state index contributed by atoms with van der Waals surface area (Å²) < 4.78 is 49.6. The third kappa shape index (κ3) is 5.77. The molecule has 1 N–H and O–H groups in total. The van der Waals surface area contributed by atoms with Crippen LogP contribution in [0.5, 0.6) is 5.75 Å². The quantitative estimate of drug-likeness (QED) is 0.601. The molecule has 0 fully saturated rings. The van der Waals surface area contributed by atoms with E-state index in [-0.39, 0.29) is 22.8 Å². The van der Waals surface area contributed by atoms with E-state index >= 15 is 0 Å². The van der Waals surface area contributed by atoms with Crippen molar-refractivity contribution in [1.29, 1.82) is 0 Å². The highest BCUT2D eigenvalue weighted by Gasteiger charge is 2.18. The summed E-state index contributed by atoms with van der Waals surface area (Å²) in [7, 11) is -1.10. The lowest BCUT2D eigenvalue weighted by Gasteiger charge is -2.21. The molecular weight excluding hydrogens is 415 g/mol. The molecule has 0 aliphatic carbocycles. The molecule has 0 unspecified atom stereocenters. The Morgan fingerprint density at radius 2 is 1.90 bits per heavy atom. The topological polar surface area (TPSA) is 102 Å². The van der Waals surface area contributed by atoms with Crippen LogP contribution in [-0.4, -0.2) is 52.5 Å². The van der Waals surface area contributed by atoms with Gasteiger partial charge in [-0.15, -0.1) is 0 Å². The van der Waals surface area contributed by atoms with Gasteiger partial charge in [-0.1, -0.05) is 12.1 Å². The van der Waals surface area contributed by atoms with Crippen molar-refractivity contribution in [3.05, 3.63) is 59.4 Å². The van der Waals surface area contributed by atoms with E-state index in [9.17, 15) is 22.4 Å². The van der Waals surface area contributed by atoms with Crippen molar-refractivity contribution in [2.24, 2.45) is 0 Å². The summed E-state index contributed by atoms with van der Waals surface area (Å²) in [5.41, 5.74) is 0.555. The van der Waals surface area contributed by atoms with Crippen molar-refractivity contribution in [3.8, 4) is 5.75 Å². The molecular formula is C20H23FN2O6S. The minimum absolute atomic E-state index is 0.000557. The SMILES string of the molecule is CCN(Cc1ccc(OC)c(F)c1)C(=O)COC(=O)c1cccc(S(=O)(=O)NC)c1. The second-order valence-corrected chi connectivity index (χ2v) is 8.07. The Balaban J connectivity index is 2.02. The van der Waals surface area contributed by atoms with E-state index in [1.54, 1.807) is 13.0 Å². The summed E-state index contributed by atoms with van der Waals surface area (Å²) in [6, 6.07) is 9.66. The van der Waals surface area contributed by atoms with Crippen LogP contribution in [0.25, 0.3) is 0 Å². The van der Waals surface area contributed by atoms with Gasteiger partial charge in [0.2, 0.25) is 10.0 Å². The molecule has 0 aliphatic rings. The van der Waals surface area contributed by atoms with Gasteiger partial charge in [0, 0.05) is 13.1 Å². The molecule has 0 aliphatic heterocycles. The molecule has 8 nitrogen and oxygen atoms in total. The van der Waals surface area contributed by atoms with Crippen molar-refractivity contribution in [2.75, 3.05) is 27.3 Å². The summed E-state index contributed by atoms with van der Waals surface area (Å²) in [4.78, 5) is 26.0. The highest BCUT2D eigenvalue weighted by Crippen LogP contribution is 2.19. The largest absolute Gasteiger partial charge is 0.494 e. The number of sulfonamides is 1. The number of hydrogen-bond donors (Lipinski definition) is 1. The summed E-state index contributed by atoms with van der Waals surface area (Å²) >= 11 is 0. The van der Waals surface area contributed by atoms with Gasteiger partial charge in [-0.05, 0) is 49.9 Å². The van der Waals surface area contributed by atoms with E-state index in [0.717, 1.165) is 6.07 Å². The normalized spacial score (nSPS) is 11.1. The van der Waals surface area contributed by atoms with Crippen molar-refractivity contribution in [2.45, 2.75) is 18.4 Å². The van der Waals surface area contributed by atoms with E-state index in [1.165, 1.54) is 49.4 Å². The number of benzene rings is 2. The number of methoxy groups -OCH3 is 1. The molecule has 0 heterocycles. The maximum Gasteiger partial charge on any atom is 0.338 e. The number of halogens is 1. The summed E-state index contributed by atoms with van der Waals surface area (Å²) in [6.45, 7) is 1.66. The summed E-state index contributed by atoms with van der Waals surface area (Å²) in [5.74, 6) is -1.74. The van der Waals surface area contributed by atoms with E-state index in [0.29, 0.717) is 12.1 Å². The van der Waals surface area contributed by atoms with Crippen molar-refractivity contribution in [1.82, 2.24) is 9.62 Å². The van der Waals surface area contributed by atoms with E-state index in [1.807, 2.05) is 0 Å². The maximum atomic E-state index is 13.8. The van der Waals surface area contributed by atoms with Crippen LogP contribution in [0.3, 0.4) is 0 Å². The molecule has 162 valence electrons. The Morgan fingerprint density at radius 1 is 1.17 bits per heavy atom. The molecule has 2 rings (SSSR count). The zero-order valence-corrected chi connectivity index (χ0v) is 17.7. The van der Waals surface area contributed by atoms with E-state index in [4.69, 9.17) is 9.47 Å². The fraction of sp³-hybridized carbons (Fsp3) is 0.300. The maximum absolute atomic E-state index is 13.8. The first-order valence-corrected chi connectivity index (χ1v) is 10.5. The van der Waals surface area contributed by atoms with Gasteiger partial charge >= 0.3 is 5.97 Å². The molecule has 0 spiro atoms. The number of rotatable bonds is 9. The third-order valence-corrected chi connectivity index (χ3v) is 5.71. The first-order valence-electron chi connectivity index (χ1n) is 9.02. The molecule has 2 aromatic rings. The first-order chi connectivity index (χ1) is 14.2. The van der Waals surface area contributed by atoms with Gasteiger partial charge in [0.1, 0.15) is 0 Å². The van der Waals surface area contributed by atoms with Crippen molar-refractivity contribution in [3.63, 3.8) is 0 Å². The number of carbonyl (C=O) groups is 2. The number of hydrogen-bond acceptors (Lipinski definition) is 6. The fourth-order valence-corrected chi connectivity index (χ4v) is 3.39. The predicted octanol–water partition coefficient (Wildman–Crippen LogP) is 1.95. The number of ether oxygens (including phenoxy) is 2. The molecule has 1 amide bonds. The minimum atomic E-state index is -3.72. The molecule has 0 bridgehead atoms. The smallest absolute Gasteiger partial charge is 0.338 e. The lowest BCUT2D eigenvalue weighted by molar-refractivity contribution is -0.134. The highest BCUT2D eigenvalue weighted by atomic mass is 32.2. The highest BCUT2D eigenvalue weighted by molar-refractivity contribution is 7.89. The molecule has 0 aromatic heterocycles. The zero-order valence-electron chi connectivity index (χ0n) is 16.8. The van der Waals surface area contributed by atoms with Crippen LogP contribution in [0.15, 0.2) is 47.4 Å². The van der Waals surface area contributed by atoms with Gasteiger partial charge in [0.15, 0.2) is 18.2 Å². The monoisotopic (exact) mass is 438 g/mol. The third-order valence-electron chi connectivity index (χ3n) is 4.30. The molecule has 30 heavy (non-hydrogen) atoms. The van der Waals surface area contributed by atoms with Gasteiger partial charge < -0.3 is 14.4 Å². The fourth-order valence-electron chi connectivity index (χ4n) is 2.61. The average molecular weight is 438 g/mol. The van der Waals surface area contributed by atoms with E-state index < -0.39 is 34.3 Å². The Bertz CT molecular complexity index is 1030. The van der Waals surface area contributed by atoms with Crippen LogP contribution in [0.4, 0.5) is 4.39 Å². The molecule has 10 heteroatoms. The van der Waals surface area contributed by atoms with Gasteiger partial charge in [-0.3, -0.25) is 4.79 Å². The van der Waals surface area contributed by atoms with Crippen LogP contribution in [0.2, 0.25) is 0 Å². The molecule has 0 atom stereocenters. The Morgan fingerprint density at radius 3 is 2.50 bits per heavy atom. The lowest BCUT2D eigenvalue weighted by Crippen LogP contribution is -2.34. The minimum Gasteiger partial charge on any atom is -0.494 e. The van der Waals surface area contributed by atoms with Crippen molar-refractivity contribution >= 4 is 21.9 Å². The number of carbonyl (C=O) groups excluding carboxylic acids is 2. The van der Waals surface area contributed by atoms with Gasteiger partial charge in [-0.2, -0.15) is 0 Å². The van der Waals surface area contributed by atoms with Gasteiger partial charge in [0.05, 0.1) is 17.6 Å². The van der Waals surface area contributed by atoms with Crippen LogP contribution in [0.1, 0.15) is 22.8 Å². The number of nitrogens with one attached hydrogen (secondary N) is 1. The first kappa shape index (κ1) is 23.3.